The van der Waals surface area contributed by atoms with Gasteiger partial charge < -0.3 is 5.32 Å². The van der Waals surface area contributed by atoms with E-state index < -0.39 is 53.5 Å². The van der Waals surface area contributed by atoms with Crippen molar-refractivity contribution in [2.75, 3.05) is 5.32 Å². The van der Waals surface area contributed by atoms with Crippen molar-refractivity contribution in [2.45, 2.75) is 19.9 Å². The van der Waals surface area contributed by atoms with Crippen LogP contribution in [0.15, 0.2) is 6.07 Å². The minimum atomic E-state index is -2.99. The van der Waals surface area contributed by atoms with Crippen LogP contribution in [-0.2, 0) is 11.3 Å². The molecule has 0 atom stereocenters. The highest BCUT2D eigenvalue weighted by Gasteiger charge is 2.24. The minimum absolute atomic E-state index is 0.00785. The maximum Gasteiger partial charge on any atom is 0.283 e. The maximum atomic E-state index is 13.5. The number of nitrogens with zero attached hydrogens (tertiary/aromatic N) is 2. The summed E-state index contributed by atoms with van der Waals surface area (Å²) in [6.07, 6.45) is -2.99. The largest absolute Gasteiger partial charge is 0.319 e. The fourth-order valence-corrected chi connectivity index (χ4v) is 2.06. The van der Waals surface area contributed by atoms with E-state index in [-0.39, 0.29) is 16.8 Å². The summed E-state index contributed by atoms with van der Waals surface area (Å²) in [7, 11) is 0. The molecule has 0 bridgehead atoms. The van der Waals surface area contributed by atoms with Crippen LogP contribution >= 0.6 is 11.6 Å². The molecule has 1 heterocycles. The molecule has 1 N–H and O–H groups in total. The first-order chi connectivity index (χ1) is 11.1. The highest BCUT2D eigenvalue weighted by molar-refractivity contribution is 6.31. The number of nitrogens with one attached hydrogen (secondary N) is 1. The second-order valence-electron chi connectivity index (χ2n) is 4.63. The van der Waals surface area contributed by atoms with Gasteiger partial charge in [-0.2, -0.15) is 5.10 Å². The van der Waals surface area contributed by atoms with Gasteiger partial charge in [0.05, 0.1) is 10.7 Å². The van der Waals surface area contributed by atoms with Gasteiger partial charge in [-0.1, -0.05) is 11.6 Å². The molecule has 1 aromatic carbocycles. The van der Waals surface area contributed by atoms with Gasteiger partial charge in [0.15, 0.2) is 23.3 Å². The van der Waals surface area contributed by atoms with Crippen molar-refractivity contribution in [3.05, 3.63) is 45.7 Å². The molecule has 1 amide bonds. The Morgan fingerprint density at radius 2 is 1.79 bits per heavy atom. The molecular weight excluding hydrogens is 364 g/mol. The summed E-state index contributed by atoms with van der Waals surface area (Å²) in [5.41, 5.74) is -2.09. The van der Waals surface area contributed by atoms with Crippen LogP contribution in [0.25, 0.3) is 0 Å². The number of hydrogen-bond donors (Lipinski definition) is 1. The zero-order valence-electron chi connectivity index (χ0n) is 11.8. The van der Waals surface area contributed by atoms with Crippen molar-refractivity contribution in [1.82, 2.24) is 9.78 Å². The molecule has 4 nitrogen and oxygen atoms in total. The molecule has 0 fully saturated rings. The summed E-state index contributed by atoms with van der Waals surface area (Å²) in [6, 6.07) is -0.0212. The molecule has 0 saturated carbocycles. The molecule has 0 unspecified atom stereocenters. The van der Waals surface area contributed by atoms with Crippen molar-refractivity contribution in [3.8, 4) is 0 Å². The van der Waals surface area contributed by atoms with E-state index in [9.17, 15) is 31.1 Å². The van der Waals surface area contributed by atoms with E-state index in [0.717, 1.165) is 4.68 Å². The molecule has 0 spiro atoms. The molecule has 130 valence electrons. The van der Waals surface area contributed by atoms with E-state index in [0.29, 0.717) is 0 Å². The van der Waals surface area contributed by atoms with Crippen LogP contribution in [0, 0.1) is 30.2 Å². The van der Waals surface area contributed by atoms with Crippen LogP contribution in [0.5, 0.6) is 0 Å². The van der Waals surface area contributed by atoms with Crippen LogP contribution < -0.4 is 5.32 Å². The number of carbonyl (C=O) groups excluding carboxylic acids is 1. The van der Waals surface area contributed by atoms with Gasteiger partial charge in [-0.05, 0) is 6.92 Å². The number of benzene rings is 1. The van der Waals surface area contributed by atoms with Crippen molar-refractivity contribution in [3.63, 3.8) is 0 Å². The number of anilines is 1. The van der Waals surface area contributed by atoms with Crippen LogP contribution in [0.4, 0.5) is 32.0 Å². The maximum absolute atomic E-state index is 13.5. The normalized spacial score (nSPS) is 11.2. The van der Waals surface area contributed by atoms with E-state index in [4.69, 9.17) is 11.6 Å². The smallest absolute Gasteiger partial charge is 0.283 e. The third-order valence-electron chi connectivity index (χ3n) is 3.03. The number of halogens is 7. The number of hydrogen-bond acceptors (Lipinski definition) is 2. The van der Waals surface area contributed by atoms with E-state index in [2.05, 4.69) is 5.10 Å². The Morgan fingerprint density at radius 1 is 1.25 bits per heavy atom. The lowest BCUT2D eigenvalue weighted by Gasteiger charge is -2.09. The SMILES string of the molecule is Cc1c(Cl)c(C(F)F)nn1CC(=O)Nc1c(F)c(F)cc(F)c1F. The predicted molar refractivity (Wildman–Crippen MR) is 71.8 cm³/mol. The quantitative estimate of drug-likeness (QED) is 0.653. The lowest BCUT2D eigenvalue weighted by molar-refractivity contribution is -0.117. The van der Waals surface area contributed by atoms with E-state index in [1.807, 2.05) is 0 Å². The van der Waals surface area contributed by atoms with Crippen molar-refractivity contribution in [1.29, 1.82) is 0 Å². The standard InChI is InChI=1S/C13H8ClF6N3O/c1-4-8(14)11(13(19)20)22-23(4)3-7(24)21-12-9(17)5(15)2-6(16)10(12)18/h2,13H,3H2,1H3,(H,21,24). The summed E-state index contributed by atoms with van der Waals surface area (Å²) in [4.78, 5) is 11.8. The molecule has 0 aliphatic heterocycles. The summed E-state index contributed by atoms with van der Waals surface area (Å²) in [5.74, 6) is -8.16. The molecule has 0 saturated heterocycles. The lowest BCUT2D eigenvalue weighted by Crippen LogP contribution is -2.22. The van der Waals surface area contributed by atoms with E-state index >= 15 is 0 Å². The number of amides is 1. The summed E-state index contributed by atoms with van der Waals surface area (Å²) < 4.78 is 79.1. The highest BCUT2D eigenvalue weighted by atomic mass is 35.5. The monoisotopic (exact) mass is 371 g/mol. The third-order valence-corrected chi connectivity index (χ3v) is 3.50. The summed E-state index contributed by atoms with van der Waals surface area (Å²) in [6.45, 7) is 0.535. The molecule has 24 heavy (non-hydrogen) atoms. The highest BCUT2D eigenvalue weighted by Crippen LogP contribution is 2.29. The summed E-state index contributed by atoms with van der Waals surface area (Å²) >= 11 is 5.63. The molecule has 0 radical (unpaired) electrons. The molecule has 0 aliphatic rings. The fraction of sp³-hybridized carbons (Fsp3) is 0.231. The molecule has 0 aliphatic carbocycles. The number of rotatable bonds is 4. The van der Waals surface area contributed by atoms with Crippen molar-refractivity contribution >= 4 is 23.2 Å². The fourth-order valence-electron chi connectivity index (χ4n) is 1.84. The van der Waals surface area contributed by atoms with Crippen LogP contribution in [0.3, 0.4) is 0 Å². The lowest BCUT2D eigenvalue weighted by atomic mass is 10.2. The first kappa shape index (κ1) is 18.1. The molecular formula is C13H8ClF6N3O. The second-order valence-corrected chi connectivity index (χ2v) is 5.01. The van der Waals surface area contributed by atoms with Gasteiger partial charge >= 0.3 is 0 Å². The zero-order chi connectivity index (χ0) is 18.2. The van der Waals surface area contributed by atoms with Gasteiger partial charge in [0.1, 0.15) is 17.9 Å². The minimum Gasteiger partial charge on any atom is -0.319 e. The van der Waals surface area contributed by atoms with Gasteiger partial charge in [-0.15, -0.1) is 0 Å². The Morgan fingerprint density at radius 3 is 2.25 bits per heavy atom. The number of aromatic nitrogens is 2. The Kier molecular flexibility index (Phi) is 5.07. The average molecular weight is 372 g/mol. The molecule has 1 aromatic heterocycles. The topological polar surface area (TPSA) is 46.9 Å². The van der Waals surface area contributed by atoms with Gasteiger partial charge in [0, 0.05) is 6.07 Å². The number of carbonyl (C=O) groups is 1. The Bertz CT molecular complexity index is 781. The van der Waals surface area contributed by atoms with Gasteiger partial charge in [0.2, 0.25) is 5.91 Å². The van der Waals surface area contributed by atoms with Crippen molar-refractivity contribution < 1.29 is 31.1 Å². The molecule has 11 heteroatoms. The predicted octanol–water partition coefficient (Wildman–Crippen LogP) is 3.98. The van der Waals surface area contributed by atoms with E-state index in [1.54, 1.807) is 5.32 Å². The van der Waals surface area contributed by atoms with Crippen LogP contribution in [0.2, 0.25) is 5.02 Å². The van der Waals surface area contributed by atoms with Crippen LogP contribution in [-0.4, -0.2) is 15.7 Å². The summed E-state index contributed by atoms with van der Waals surface area (Å²) in [5, 5.41) is 4.67. The first-order valence-electron chi connectivity index (χ1n) is 6.27. The van der Waals surface area contributed by atoms with Crippen molar-refractivity contribution in [2.24, 2.45) is 0 Å². The Hall–Kier alpha value is -2.23. The zero-order valence-corrected chi connectivity index (χ0v) is 12.6. The Balaban J connectivity index is 2.26. The third kappa shape index (κ3) is 3.32. The van der Waals surface area contributed by atoms with Gasteiger partial charge in [0.25, 0.3) is 6.43 Å². The van der Waals surface area contributed by atoms with Gasteiger partial charge in [-0.3, -0.25) is 9.48 Å². The van der Waals surface area contributed by atoms with Crippen LogP contribution in [0.1, 0.15) is 17.8 Å². The van der Waals surface area contributed by atoms with E-state index in [1.165, 1.54) is 6.92 Å². The number of alkyl halides is 2. The van der Waals surface area contributed by atoms with Gasteiger partial charge in [-0.25, -0.2) is 26.3 Å². The molecule has 2 aromatic rings. The first-order valence-corrected chi connectivity index (χ1v) is 6.65. The molecule has 2 rings (SSSR count). The Labute approximate surface area is 136 Å². The second kappa shape index (κ2) is 6.71. The average Bonchev–Trinajstić information content (AvgIpc) is 2.78.